The summed E-state index contributed by atoms with van der Waals surface area (Å²) in [6, 6.07) is 9.89. The van der Waals surface area contributed by atoms with Gasteiger partial charge in [0.1, 0.15) is 5.71 Å². The molecule has 1 heterocycles. The molecular formula is C19H21N3O2. The standard InChI is InChI=1S/C19H21N3O2/c1-11-5-6-13(8-16(11)20)19-15-10-18(24-4)17(23-3)9-14(15)7-12(2)21-22-19/h5-6,8-10H,7,20H2,1-4H3. The van der Waals surface area contributed by atoms with Crippen LogP contribution in [0.5, 0.6) is 11.5 Å². The summed E-state index contributed by atoms with van der Waals surface area (Å²) in [6.07, 6.45) is 0.712. The number of nitrogens with zero attached hydrogens (tertiary/aromatic N) is 2. The fourth-order valence-corrected chi connectivity index (χ4v) is 2.79. The molecule has 2 aromatic rings. The van der Waals surface area contributed by atoms with Crippen molar-refractivity contribution in [2.24, 2.45) is 10.2 Å². The summed E-state index contributed by atoms with van der Waals surface area (Å²) in [4.78, 5) is 0. The minimum Gasteiger partial charge on any atom is -0.493 e. The molecule has 3 rings (SSSR count). The van der Waals surface area contributed by atoms with Crippen molar-refractivity contribution in [3.05, 3.63) is 52.6 Å². The summed E-state index contributed by atoms with van der Waals surface area (Å²) < 4.78 is 10.9. The SMILES string of the molecule is COc1cc2c(cc1OC)C(c1ccc(C)c(N)c1)=NN=C(C)C2. The van der Waals surface area contributed by atoms with Crippen LogP contribution in [0, 0.1) is 6.92 Å². The molecular weight excluding hydrogens is 302 g/mol. The summed E-state index contributed by atoms with van der Waals surface area (Å²) in [7, 11) is 3.26. The Balaban J connectivity index is 2.22. The van der Waals surface area contributed by atoms with Gasteiger partial charge in [-0.15, -0.1) is 5.10 Å². The molecule has 5 heteroatoms. The molecule has 24 heavy (non-hydrogen) atoms. The highest BCUT2D eigenvalue weighted by Crippen LogP contribution is 2.33. The topological polar surface area (TPSA) is 69.2 Å². The molecule has 0 radical (unpaired) electrons. The Morgan fingerprint density at radius 1 is 0.958 bits per heavy atom. The van der Waals surface area contributed by atoms with Crippen LogP contribution in [0.2, 0.25) is 0 Å². The van der Waals surface area contributed by atoms with Gasteiger partial charge in [-0.2, -0.15) is 5.10 Å². The Morgan fingerprint density at radius 2 is 1.67 bits per heavy atom. The van der Waals surface area contributed by atoms with Crippen molar-refractivity contribution in [3.8, 4) is 11.5 Å². The van der Waals surface area contributed by atoms with Crippen molar-refractivity contribution in [2.75, 3.05) is 20.0 Å². The molecule has 0 amide bonds. The average molecular weight is 323 g/mol. The number of hydrogen-bond donors (Lipinski definition) is 1. The molecule has 1 aliphatic rings. The van der Waals surface area contributed by atoms with E-state index in [9.17, 15) is 0 Å². The van der Waals surface area contributed by atoms with Gasteiger partial charge in [-0.25, -0.2) is 0 Å². The largest absolute Gasteiger partial charge is 0.493 e. The molecule has 0 saturated carbocycles. The Labute approximate surface area is 141 Å². The molecule has 0 spiro atoms. The van der Waals surface area contributed by atoms with Gasteiger partial charge in [0, 0.05) is 28.9 Å². The zero-order chi connectivity index (χ0) is 17.3. The van der Waals surface area contributed by atoms with Crippen LogP contribution in [0.25, 0.3) is 0 Å². The molecule has 124 valence electrons. The number of aryl methyl sites for hydroxylation is 1. The van der Waals surface area contributed by atoms with Gasteiger partial charge in [0.25, 0.3) is 0 Å². The molecule has 0 aliphatic carbocycles. The monoisotopic (exact) mass is 323 g/mol. The zero-order valence-electron chi connectivity index (χ0n) is 14.4. The van der Waals surface area contributed by atoms with Crippen LogP contribution >= 0.6 is 0 Å². The van der Waals surface area contributed by atoms with Crippen molar-refractivity contribution >= 4 is 17.1 Å². The predicted molar refractivity (Wildman–Crippen MR) is 97.6 cm³/mol. The van der Waals surface area contributed by atoms with E-state index in [1.807, 2.05) is 44.2 Å². The lowest BCUT2D eigenvalue weighted by molar-refractivity contribution is 0.354. The maximum Gasteiger partial charge on any atom is 0.161 e. The number of nitrogen functional groups attached to an aromatic ring is 1. The van der Waals surface area contributed by atoms with Gasteiger partial charge in [0.2, 0.25) is 0 Å². The number of rotatable bonds is 3. The third-order valence-corrected chi connectivity index (χ3v) is 4.18. The van der Waals surface area contributed by atoms with Crippen molar-refractivity contribution in [1.82, 2.24) is 0 Å². The molecule has 1 aliphatic heterocycles. The Kier molecular flexibility index (Phi) is 4.25. The minimum atomic E-state index is 0.670. The quantitative estimate of drug-likeness (QED) is 0.881. The van der Waals surface area contributed by atoms with Gasteiger partial charge in [-0.05, 0) is 43.2 Å². The van der Waals surface area contributed by atoms with Crippen LogP contribution in [0.1, 0.15) is 29.2 Å². The van der Waals surface area contributed by atoms with E-state index < -0.39 is 0 Å². The van der Waals surface area contributed by atoms with Crippen LogP contribution in [-0.4, -0.2) is 25.6 Å². The van der Waals surface area contributed by atoms with Crippen LogP contribution in [0.3, 0.4) is 0 Å². The molecule has 0 unspecified atom stereocenters. The predicted octanol–water partition coefficient (Wildman–Crippen LogP) is 3.36. The third kappa shape index (κ3) is 2.85. The lowest BCUT2D eigenvalue weighted by atomic mass is 9.93. The number of anilines is 1. The van der Waals surface area contributed by atoms with Gasteiger partial charge in [0.05, 0.1) is 14.2 Å². The molecule has 0 saturated heterocycles. The van der Waals surface area contributed by atoms with E-state index in [0.717, 1.165) is 39.4 Å². The first kappa shape index (κ1) is 16.1. The van der Waals surface area contributed by atoms with Crippen molar-refractivity contribution in [3.63, 3.8) is 0 Å². The maximum absolute atomic E-state index is 6.08. The second-order valence-corrected chi connectivity index (χ2v) is 5.90. The van der Waals surface area contributed by atoms with Gasteiger partial charge in [0.15, 0.2) is 11.5 Å². The third-order valence-electron chi connectivity index (χ3n) is 4.18. The smallest absolute Gasteiger partial charge is 0.161 e. The molecule has 0 atom stereocenters. The van der Waals surface area contributed by atoms with E-state index in [0.29, 0.717) is 17.9 Å². The zero-order valence-corrected chi connectivity index (χ0v) is 14.4. The number of hydrogen-bond acceptors (Lipinski definition) is 5. The van der Waals surface area contributed by atoms with E-state index in [2.05, 4.69) is 10.2 Å². The molecule has 2 N–H and O–H groups in total. The first-order chi connectivity index (χ1) is 11.5. The second kappa shape index (κ2) is 6.35. The van der Waals surface area contributed by atoms with Gasteiger partial charge in [-0.3, -0.25) is 0 Å². The van der Waals surface area contributed by atoms with E-state index in [1.165, 1.54) is 0 Å². The fraction of sp³-hybridized carbons (Fsp3) is 0.263. The second-order valence-electron chi connectivity index (χ2n) is 5.90. The molecule has 5 nitrogen and oxygen atoms in total. The fourth-order valence-electron chi connectivity index (χ4n) is 2.79. The van der Waals surface area contributed by atoms with E-state index in [-0.39, 0.29) is 0 Å². The minimum absolute atomic E-state index is 0.670. The van der Waals surface area contributed by atoms with Gasteiger partial charge in [-0.1, -0.05) is 12.1 Å². The first-order valence-electron chi connectivity index (χ1n) is 7.76. The summed E-state index contributed by atoms with van der Waals surface area (Å²) in [6.45, 7) is 3.95. The van der Waals surface area contributed by atoms with Crippen molar-refractivity contribution in [1.29, 1.82) is 0 Å². The van der Waals surface area contributed by atoms with E-state index in [1.54, 1.807) is 14.2 Å². The summed E-state index contributed by atoms with van der Waals surface area (Å²) >= 11 is 0. The van der Waals surface area contributed by atoms with Crippen molar-refractivity contribution < 1.29 is 9.47 Å². The number of ether oxygens (including phenoxy) is 2. The van der Waals surface area contributed by atoms with E-state index in [4.69, 9.17) is 15.2 Å². The van der Waals surface area contributed by atoms with Crippen LogP contribution < -0.4 is 15.2 Å². The Hall–Kier alpha value is -2.82. The Bertz CT molecular complexity index is 854. The van der Waals surface area contributed by atoms with Crippen LogP contribution in [-0.2, 0) is 6.42 Å². The number of nitrogens with two attached hydrogens (primary N) is 1. The Morgan fingerprint density at radius 3 is 2.33 bits per heavy atom. The highest BCUT2D eigenvalue weighted by Gasteiger charge is 2.20. The molecule has 2 aromatic carbocycles. The van der Waals surface area contributed by atoms with Crippen LogP contribution in [0.4, 0.5) is 5.69 Å². The average Bonchev–Trinajstić information content (AvgIpc) is 2.74. The lowest BCUT2D eigenvalue weighted by Crippen LogP contribution is -2.09. The molecule has 0 bridgehead atoms. The highest BCUT2D eigenvalue weighted by atomic mass is 16.5. The van der Waals surface area contributed by atoms with Crippen molar-refractivity contribution in [2.45, 2.75) is 20.3 Å². The van der Waals surface area contributed by atoms with Gasteiger partial charge >= 0.3 is 0 Å². The highest BCUT2D eigenvalue weighted by molar-refractivity contribution is 6.15. The van der Waals surface area contributed by atoms with E-state index >= 15 is 0 Å². The van der Waals surface area contributed by atoms with Crippen LogP contribution in [0.15, 0.2) is 40.5 Å². The lowest BCUT2D eigenvalue weighted by Gasteiger charge is -2.15. The number of methoxy groups -OCH3 is 2. The summed E-state index contributed by atoms with van der Waals surface area (Å²) in [5, 5.41) is 8.81. The normalized spacial score (nSPS) is 13.5. The molecule has 0 fully saturated rings. The maximum atomic E-state index is 6.08. The number of fused-ring (bicyclic) bond motifs is 1. The van der Waals surface area contributed by atoms with Gasteiger partial charge < -0.3 is 15.2 Å². The number of benzene rings is 2. The summed E-state index contributed by atoms with van der Waals surface area (Å²) in [5.41, 5.74) is 12.6. The first-order valence-corrected chi connectivity index (χ1v) is 7.76. The summed E-state index contributed by atoms with van der Waals surface area (Å²) in [5.74, 6) is 1.37. The molecule has 0 aromatic heterocycles.